The molecule has 1 aromatic carbocycles. The number of ether oxygens (including phenoxy) is 1. The maximum Gasteiger partial charge on any atom is 0.173 e. The summed E-state index contributed by atoms with van der Waals surface area (Å²) in [6, 6.07) is 7.73. The number of carbonyl (C=O) groups is 1. The van der Waals surface area contributed by atoms with Gasteiger partial charge >= 0.3 is 0 Å². The van der Waals surface area contributed by atoms with Crippen LogP contribution in [0.2, 0.25) is 0 Å². The second-order valence-corrected chi connectivity index (χ2v) is 6.54. The van der Waals surface area contributed by atoms with E-state index in [1.165, 1.54) is 0 Å². The van der Waals surface area contributed by atoms with E-state index in [1.54, 1.807) is 0 Å². The van der Waals surface area contributed by atoms with Crippen LogP contribution in [0.3, 0.4) is 0 Å². The molecule has 0 bridgehead atoms. The van der Waals surface area contributed by atoms with Crippen LogP contribution in [0.4, 0.5) is 0 Å². The zero-order valence-corrected chi connectivity index (χ0v) is 12.8. The summed E-state index contributed by atoms with van der Waals surface area (Å²) >= 11 is 3.43. The summed E-state index contributed by atoms with van der Waals surface area (Å²) in [6.45, 7) is 0. The number of Topliss-reactive ketones (excluding diaryl/α,β-unsaturated/α-hetero) is 1. The fourth-order valence-electron chi connectivity index (χ4n) is 3.53. The molecule has 0 saturated heterocycles. The van der Waals surface area contributed by atoms with Crippen LogP contribution in [0, 0.1) is 17.2 Å². The van der Waals surface area contributed by atoms with Crippen molar-refractivity contribution < 1.29 is 9.53 Å². The predicted molar refractivity (Wildman–Crippen MR) is 78.6 cm³/mol. The Hall–Kier alpha value is -1.34. The molecule has 104 valence electrons. The normalized spacial score (nSPS) is 23.2. The molecule has 3 nitrogen and oxygen atoms in total. The molecule has 1 fully saturated rings. The van der Waals surface area contributed by atoms with Gasteiger partial charge in [0.2, 0.25) is 0 Å². The van der Waals surface area contributed by atoms with E-state index in [1.807, 2.05) is 18.2 Å². The lowest BCUT2D eigenvalue weighted by molar-refractivity contribution is 0.00310. The quantitative estimate of drug-likeness (QED) is 0.812. The van der Waals surface area contributed by atoms with Gasteiger partial charge in [0.25, 0.3) is 0 Å². The molecule has 1 aliphatic heterocycles. The highest BCUT2D eigenvalue weighted by Gasteiger charge is 2.50. The summed E-state index contributed by atoms with van der Waals surface area (Å²) in [6.07, 6.45) is 5.04. The maximum absolute atomic E-state index is 12.8. The molecule has 0 N–H and O–H groups in total. The Bertz CT molecular complexity index is 585. The van der Waals surface area contributed by atoms with Gasteiger partial charge in [0, 0.05) is 10.9 Å². The number of benzene rings is 1. The fourth-order valence-corrected chi connectivity index (χ4v) is 3.87. The van der Waals surface area contributed by atoms with Crippen molar-refractivity contribution >= 4 is 21.7 Å². The number of carbonyl (C=O) groups excluding carboxylic acids is 1. The zero-order valence-electron chi connectivity index (χ0n) is 11.2. The van der Waals surface area contributed by atoms with Crippen LogP contribution < -0.4 is 4.74 Å². The standard InChI is InChI=1S/C16H16BrNO2/c17-11-5-6-12-14(10-11)20-16(7-1-2-8-16)13(15(12)19)4-3-9-18/h5-6,10,13H,1-4,7-8H2. The lowest BCUT2D eigenvalue weighted by Crippen LogP contribution is -2.48. The van der Waals surface area contributed by atoms with Crippen molar-refractivity contribution in [1.82, 2.24) is 0 Å². The van der Waals surface area contributed by atoms with Crippen LogP contribution in [0.5, 0.6) is 5.75 Å². The molecule has 1 aliphatic carbocycles. The van der Waals surface area contributed by atoms with Crippen LogP contribution in [0.25, 0.3) is 0 Å². The Labute approximate surface area is 127 Å². The van der Waals surface area contributed by atoms with Gasteiger partial charge in [0.15, 0.2) is 5.78 Å². The largest absolute Gasteiger partial charge is 0.486 e. The molecule has 1 heterocycles. The lowest BCUT2D eigenvalue weighted by atomic mass is 9.75. The molecule has 1 aromatic rings. The van der Waals surface area contributed by atoms with Crippen LogP contribution in [-0.2, 0) is 0 Å². The number of hydrogen-bond donors (Lipinski definition) is 0. The molecule has 1 unspecified atom stereocenters. The van der Waals surface area contributed by atoms with Crippen molar-refractivity contribution in [3.05, 3.63) is 28.2 Å². The summed E-state index contributed by atoms with van der Waals surface area (Å²) in [5.74, 6) is 0.675. The summed E-state index contributed by atoms with van der Waals surface area (Å²) in [4.78, 5) is 12.8. The Morgan fingerprint density at radius 1 is 1.40 bits per heavy atom. The van der Waals surface area contributed by atoms with E-state index in [0.29, 0.717) is 24.2 Å². The van der Waals surface area contributed by atoms with E-state index in [2.05, 4.69) is 22.0 Å². The summed E-state index contributed by atoms with van der Waals surface area (Å²) in [5, 5.41) is 8.84. The molecule has 3 rings (SSSR count). The van der Waals surface area contributed by atoms with Crippen LogP contribution in [-0.4, -0.2) is 11.4 Å². The molecule has 0 radical (unpaired) electrons. The van der Waals surface area contributed by atoms with Gasteiger partial charge in [-0.25, -0.2) is 0 Å². The Balaban J connectivity index is 2.02. The number of ketones is 1. The van der Waals surface area contributed by atoms with Gasteiger partial charge in [-0.05, 0) is 50.3 Å². The predicted octanol–water partition coefficient (Wildman–Crippen LogP) is 4.26. The first-order chi connectivity index (χ1) is 9.66. The number of nitrogens with zero attached hydrogens (tertiary/aromatic N) is 1. The molecule has 0 aromatic heterocycles. The first-order valence-electron chi connectivity index (χ1n) is 7.06. The smallest absolute Gasteiger partial charge is 0.173 e. The fraction of sp³-hybridized carbons (Fsp3) is 0.500. The molecule has 2 aliphatic rings. The highest BCUT2D eigenvalue weighted by Crippen LogP contribution is 2.48. The number of hydrogen-bond acceptors (Lipinski definition) is 3. The van der Waals surface area contributed by atoms with Crippen molar-refractivity contribution in [3.63, 3.8) is 0 Å². The molecule has 4 heteroatoms. The summed E-state index contributed by atoms with van der Waals surface area (Å²) < 4.78 is 7.20. The molecule has 20 heavy (non-hydrogen) atoms. The molecular formula is C16H16BrNO2. The van der Waals surface area contributed by atoms with E-state index < -0.39 is 0 Å². The average molecular weight is 334 g/mol. The van der Waals surface area contributed by atoms with E-state index in [9.17, 15) is 4.79 Å². The lowest BCUT2D eigenvalue weighted by Gasteiger charge is -2.41. The van der Waals surface area contributed by atoms with Crippen molar-refractivity contribution in [2.45, 2.75) is 44.1 Å². The van der Waals surface area contributed by atoms with Gasteiger partial charge in [-0.15, -0.1) is 0 Å². The summed E-state index contributed by atoms with van der Waals surface area (Å²) in [5.41, 5.74) is 0.288. The average Bonchev–Trinajstić information content (AvgIpc) is 2.87. The second kappa shape index (κ2) is 5.21. The molecule has 1 spiro atoms. The minimum Gasteiger partial charge on any atom is -0.486 e. The molecular weight excluding hydrogens is 318 g/mol. The van der Waals surface area contributed by atoms with E-state index in [4.69, 9.17) is 10.00 Å². The number of halogens is 1. The topological polar surface area (TPSA) is 50.1 Å². The number of rotatable bonds is 2. The minimum absolute atomic E-state index is 0.149. The zero-order chi connectivity index (χ0) is 14.2. The van der Waals surface area contributed by atoms with E-state index >= 15 is 0 Å². The van der Waals surface area contributed by atoms with Gasteiger partial charge < -0.3 is 4.74 Å². The number of fused-ring (bicyclic) bond motifs is 1. The van der Waals surface area contributed by atoms with Gasteiger partial charge in [-0.1, -0.05) is 15.9 Å². The van der Waals surface area contributed by atoms with Crippen molar-refractivity contribution in [1.29, 1.82) is 5.26 Å². The Morgan fingerprint density at radius 2 is 2.15 bits per heavy atom. The van der Waals surface area contributed by atoms with Gasteiger partial charge in [0.1, 0.15) is 11.4 Å². The van der Waals surface area contributed by atoms with Crippen molar-refractivity contribution in [2.24, 2.45) is 5.92 Å². The van der Waals surface area contributed by atoms with E-state index in [-0.39, 0.29) is 17.3 Å². The Kier molecular flexibility index (Phi) is 3.55. The SMILES string of the molecule is N#CCCC1C(=O)c2ccc(Br)cc2OC12CCCC2. The van der Waals surface area contributed by atoms with Gasteiger partial charge in [-0.3, -0.25) is 4.79 Å². The third-order valence-corrected chi connectivity index (χ3v) is 4.96. The van der Waals surface area contributed by atoms with E-state index in [0.717, 1.165) is 30.2 Å². The second-order valence-electron chi connectivity index (χ2n) is 5.63. The maximum atomic E-state index is 12.8. The highest BCUT2D eigenvalue weighted by molar-refractivity contribution is 9.10. The van der Waals surface area contributed by atoms with Gasteiger partial charge in [-0.2, -0.15) is 5.26 Å². The molecule has 1 saturated carbocycles. The molecule has 1 atom stereocenters. The first kappa shape index (κ1) is 13.6. The summed E-state index contributed by atoms with van der Waals surface area (Å²) in [7, 11) is 0. The van der Waals surface area contributed by atoms with Gasteiger partial charge in [0.05, 0.1) is 17.6 Å². The third kappa shape index (κ3) is 2.14. The molecule has 0 amide bonds. The van der Waals surface area contributed by atoms with Crippen molar-refractivity contribution in [2.75, 3.05) is 0 Å². The third-order valence-electron chi connectivity index (χ3n) is 4.47. The monoisotopic (exact) mass is 333 g/mol. The van der Waals surface area contributed by atoms with Crippen LogP contribution in [0.15, 0.2) is 22.7 Å². The van der Waals surface area contributed by atoms with Crippen LogP contribution >= 0.6 is 15.9 Å². The number of nitriles is 1. The Morgan fingerprint density at radius 3 is 2.85 bits per heavy atom. The first-order valence-corrected chi connectivity index (χ1v) is 7.85. The highest BCUT2D eigenvalue weighted by atomic mass is 79.9. The van der Waals surface area contributed by atoms with Crippen molar-refractivity contribution in [3.8, 4) is 11.8 Å². The minimum atomic E-state index is -0.373. The van der Waals surface area contributed by atoms with Crippen LogP contribution in [0.1, 0.15) is 48.9 Å².